The van der Waals surface area contributed by atoms with E-state index in [0.717, 1.165) is 7.11 Å². The van der Waals surface area contributed by atoms with E-state index in [1.54, 1.807) is 0 Å². The predicted molar refractivity (Wildman–Crippen MR) is 198 cm³/mol. The molecular formula is C41H40F5N3O3S. The van der Waals surface area contributed by atoms with Crippen LogP contribution in [0, 0.1) is 18.6 Å². The highest BCUT2D eigenvalue weighted by Crippen LogP contribution is 2.34. The van der Waals surface area contributed by atoms with Crippen LogP contribution in [0.4, 0.5) is 22.0 Å². The number of amides is 1. The first-order valence-electron chi connectivity index (χ1n) is 27.9. The Morgan fingerprint density at radius 2 is 1.74 bits per heavy atom. The molecule has 12 heteroatoms. The number of nitrogens with zero attached hydrogens (tertiary/aromatic N) is 3. The molecule has 1 aliphatic rings. The van der Waals surface area contributed by atoms with Gasteiger partial charge in [0.1, 0.15) is 6.54 Å². The number of ether oxygens (including phenoxy) is 1. The quantitative estimate of drug-likeness (QED) is 0.0939. The van der Waals surface area contributed by atoms with E-state index < -0.39 is 238 Å². The molecule has 1 aromatic heterocycles. The van der Waals surface area contributed by atoms with Gasteiger partial charge in [0.25, 0.3) is 0 Å². The first kappa shape index (κ1) is 17.3. The minimum Gasteiger partial charge on any atom is -0.383 e. The molecule has 0 N–H and O–H groups in total. The molecule has 6 nitrogen and oxygen atoms in total. The fraction of sp³-hybridized carbons (Fsp3) is 0.317. The van der Waals surface area contributed by atoms with Gasteiger partial charge < -0.3 is 19.1 Å². The van der Waals surface area contributed by atoms with Gasteiger partial charge in [0.2, 0.25) is 5.91 Å². The molecule has 1 aliphatic heterocycles. The van der Waals surface area contributed by atoms with E-state index in [9.17, 15) is 32.0 Å². The van der Waals surface area contributed by atoms with Gasteiger partial charge in [0, 0.05) is 72.9 Å². The summed E-state index contributed by atoms with van der Waals surface area (Å²) in [5, 5.41) is -2.22. The van der Waals surface area contributed by atoms with Crippen LogP contribution in [0.3, 0.4) is 0 Å². The summed E-state index contributed by atoms with van der Waals surface area (Å²) in [4.78, 5) is 28.7. The number of rotatable bonds is 12. The van der Waals surface area contributed by atoms with Gasteiger partial charge in [0.15, 0.2) is 17.1 Å². The summed E-state index contributed by atoms with van der Waals surface area (Å²) in [6, 6.07) is -25.9. The largest absolute Gasteiger partial charge is 0.416 e. The van der Waals surface area contributed by atoms with E-state index in [2.05, 4.69) is 0 Å². The van der Waals surface area contributed by atoms with Gasteiger partial charge in [-0.25, -0.2) is 8.78 Å². The van der Waals surface area contributed by atoms with Crippen molar-refractivity contribution in [3.05, 3.63) is 135 Å². The van der Waals surface area contributed by atoms with E-state index in [1.165, 1.54) is 0 Å². The van der Waals surface area contributed by atoms with E-state index >= 15 is 9.18 Å². The number of methoxy groups -OCH3 is 1. The van der Waals surface area contributed by atoms with Crippen LogP contribution in [0.1, 0.15) is 70.6 Å². The second-order valence-electron chi connectivity index (χ2n) is 10.6. The van der Waals surface area contributed by atoms with Crippen molar-refractivity contribution in [2.75, 3.05) is 33.3 Å². The lowest BCUT2D eigenvalue weighted by Crippen LogP contribution is -2.48. The number of thioether (sulfide) groups is 1. The Labute approximate surface area is 345 Å². The maximum Gasteiger partial charge on any atom is 0.416 e. The van der Waals surface area contributed by atoms with Crippen LogP contribution in [0.5, 0.6) is 0 Å². The molecule has 0 radical (unpaired) electrons. The molecule has 278 valence electrons. The number of carbonyl (C=O) groups excluding carboxylic acids is 1. The molecule has 1 saturated heterocycles. The number of hydrogen-bond acceptors (Lipinski definition) is 5. The Kier molecular flexibility index (Phi) is 5.44. The number of likely N-dealkylation sites (tertiary alicyclic amines) is 1. The molecule has 0 unspecified atom stereocenters. The van der Waals surface area contributed by atoms with E-state index in [4.69, 9.17) is 30.8 Å². The number of pyridine rings is 1. The molecule has 5 aromatic rings. The molecule has 0 bridgehead atoms. The zero-order valence-electron chi connectivity index (χ0n) is 53.2. The number of halogens is 5. The summed E-state index contributed by atoms with van der Waals surface area (Å²) in [5.74, 6) is -7.42. The van der Waals surface area contributed by atoms with Gasteiger partial charge in [-0.05, 0) is 66.1 Å². The number of piperidine rings is 1. The van der Waals surface area contributed by atoms with Crippen molar-refractivity contribution in [2.24, 2.45) is 0 Å². The minimum atomic E-state index is -5.36. The zero-order valence-corrected chi connectivity index (χ0v) is 28.0. The highest BCUT2D eigenvalue weighted by molar-refractivity contribution is 7.98. The van der Waals surface area contributed by atoms with Crippen molar-refractivity contribution in [3.63, 3.8) is 0 Å². The Bertz CT molecular complexity index is 3380. The van der Waals surface area contributed by atoms with E-state index in [-0.39, 0.29) is 21.2 Å². The smallest absolute Gasteiger partial charge is 0.383 e. The highest BCUT2D eigenvalue weighted by atomic mass is 32.2. The van der Waals surface area contributed by atoms with Gasteiger partial charge in [-0.3, -0.25) is 9.59 Å². The van der Waals surface area contributed by atoms with Crippen LogP contribution in [0.25, 0.3) is 22.0 Å². The lowest BCUT2D eigenvalue weighted by Gasteiger charge is -2.39. The average Bonchev–Trinajstić information content (AvgIpc) is 3.37. The fourth-order valence-corrected chi connectivity index (χ4v) is 5.54. The van der Waals surface area contributed by atoms with Crippen LogP contribution >= 0.6 is 11.8 Å². The van der Waals surface area contributed by atoms with Crippen molar-refractivity contribution in [1.82, 2.24) is 14.4 Å². The Hall–Kier alpha value is -4.52. The number of aromatic nitrogens is 1. The first-order chi connectivity index (χ1) is 35.9. The standard InChI is InChI=1S/C41H40F5N3O3S/c1-27-22-30(14-15-34(27)41(44,45)46)29-12-10-28(11-13-29)24-48(32-16-18-47(19-17-32)20-21-52-2)38(51)25-49-36-9-4-3-7-33(36)37(50)23-39(49)53-26-31-6-5-8-35(42)40(31)43/h3-15,22-23,32H,16-21,24-26H2,1-2H3/i3D,4D,5D,6D,7D,8D,9D,10D,11D,12D,13D,14D,15D,16D2,17D2,18D2,19D2,22D,23D,24D2,32D. The lowest BCUT2D eigenvalue weighted by atomic mass is 9.98. The maximum atomic E-state index is 15.7. The number of carbonyl (C=O) groups is 1. The van der Waals surface area contributed by atoms with Gasteiger partial charge in [-0.2, -0.15) is 13.2 Å². The van der Waals surface area contributed by atoms with Crippen molar-refractivity contribution >= 4 is 28.6 Å². The fourth-order valence-electron chi connectivity index (χ4n) is 4.58. The van der Waals surface area contributed by atoms with Crippen LogP contribution < -0.4 is 5.43 Å². The number of benzene rings is 4. The third-order valence-electron chi connectivity index (χ3n) is 7.11. The predicted octanol–water partition coefficient (Wildman–Crippen LogP) is 8.71. The first-order valence-corrected chi connectivity index (χ1v) is 15.9. The van der Waals surface area contributed by atoms with Gasteiger partial charge in [0.05, 0.1) is 47.4 Å². The number of para-hydroxylation sites is 1. The molecule has 1 fully saturated rings. The lowest BCUT2D eigenvalue weighted by molar-refractivity contribution is -0.138. The molecule has 6 rings (SSSR count). The molecule has 0 saturated carbocycles. The van der Waals surface area contributed by atoms with Gasteiger partial charge >= 0.3 is 6.18 Å². The minimum absolute atomic E-state index is 0.0166. The molecule has 2 heterocycles. The van der Waals surface area contributed by atoms with Crippen molar-refractivity contribution in [1.29, 1.82) is 0 Å². The Balaban J connectivity index is 1.78. The van der Waals surface area contributed by atoms with Crippen molar-refractivity contribution in [2.45, 2.75) is 55.7 Å². The van der Waals surface area contributed by atoms with Crippen LogP contribution in [0.15, 0.2) is 100 Å². The van der Waals surface area contributed by atoms with E-state index in [1.807, 2.05) is 0 Å². The second kappa shape index (κ2) is 16.7. The summed E-state index contributed by atoms with van der Waals surface area (Å²) in [6.45, 7) is -15.9. The van der Waals surface area contributed by atoms with Crippen molar-refractivity contribution < 1.29 is 67.1 Å². The summed E-state index contributed by atoms with van der Waals surface area (Å²) in [6.07, 6.45) is -14.5. The third kappa shape index (κ3) is 9.00. The SMILES string of the molecule is [2H]c1c([2H])c(F)c(F)c(CSc2c([2H])c(=O)c3c([2H])c([2H])c([2H])c([2H])c3n2CC(=O)N(C([2H])([2H])c2c([2H])c([2H])c(-c3c([2H])c([2H])c(C(F)(F)F)c(C)c3[2H])c([2H])c2[2H])C2([2H])C([2H])([2H])C([2H])([2H])N(CCOC)C([2H])([2H])C2([2H])[2H])c1[2H]. The number of alkyl halides is 3. The van der Waals surface area contributed by atoms with Crippen molar-refractivity contribution in [3.8, 4) is 11.1 Å². The average molecular weight is 776 g/mol. The van der Waals surface area contributed by atoms with Gasteiger partial charge in [-0.1, -0.05) is 60.4 Å². The van der Waals surface area contributed by atoms with E-state index in [0.29, 0.717) is 6.92 Å². The van der Waals surface area contributed by atoms with Crippen LogP contribution in [-0.4, -0.2) is 59.5 Å². The normalized spacial score (nSPS) is 25.9. The monoisotopic (exact) mass is 775 g/mol. The summed E-state index contributed by atoms with van der Waals surface area (Å²) < 4.78 is 308. The molecule has 53 heavy (non-hydrogen) atoms. The number of hydrogen-bond donors (Lipinski definition) is 0. The van der Waals surface area contributed by atoms with Crippen LogP contribution in [-0.2, 0) is 34.5 Å². The molecule has 0 spiro atoms. The Morgan fingerprint density at radius 3 is 2.45 bits per heavy atom. The highest BCUT2D eigenvalue weighted by Gasteiger charge is 2.32. The molecule has 1 amide bonds. The number of fused-ring (bicyclic) bond motifs is 1. The second-order valence-corrected chi connectivity index (χ2v) is 11.6. The molecule has 0 aliphatic carbocycles. The van der Waals surface area contributed by atoms with Gasteiger partial charge in [-0.15, -0.1) is 11.8 Å². The zero-order chi connectivity index (χ0) is 60.6. The topological polar surface area (TPSA) is 54.8 Å². The third-order valence-corrected chi connectivity index (χ3v) is 8.14. The molecule has 4 aromatic carbocycles. The summed E-state index contributed by atoms with van der Waals surface area (Å²) in [5.41, 5.74) is -10.9. The van der Waals surface area contributed by atoms with Crippen LogP contribution in [0.2, 0.25) is 0 Å². The summed E-state index contributed by atoms with van der Waals surface area (Å²) >= 11 is -0.0166. The molecule has 0 atom stereocenters. The maximum absolute atomic E-state index is 15.7. The Morgan fingerprint density at radius 1 is 1.02 bits per heavy atom. The summed E-state index contributed by atoms with van der Waals surface area (Å²) in [7, 11) is 1.02. The molecular weight excluding hydrogens is 710 g/mol.